The Balaban J connectivity index is 1.79. The van der Waals surface area contributed by atoms with Crippen molar-refractivity contribution in [3.63, 3.8) is 0 Å². The molecular weight excluding hydrogens is 322 g/mol. The molecule has 1 saturated heterocycles. The zero-order chi connectivity index (χ0) is 18.1. The van der Waals surface area contributed by atoms with E-state index >= 15 is 0 Å². The first-order chi connectivity index (χ1) is 12.7. The third kappa shape index (κ3) is 2.72. The molecule has 1 aliphatic heterocycles. The molecule has 2 heterocycles. The molecule has 1 aromatic carbocycles. The van der Waals surface area contributed by atoms with Crippen molar-refractivity contribution in [1.29, 1.82) is 0 Å². The number of aromatic hydroxyl groups is 1. The fourth-order valence-corrected chi connectivity index (χ4v) is 5.14. The third-order valence-electron chi connectivity index (χ3n) is 6.44. The Morgan fingerprint density at radius 1 is 1.38 bits per heavy atom. The molecule has 26 heavy (non-hydrogen) atoms. The molecule has 1 fully saturated rings. The SMILES string of the molecule is CC=C=CC1C2Cc3ccc(O)cc3C1(CC)CCN2Cc1ccco1. The Labute approximate surface area is 155 Å². The van der Waals surface area contributed by atoms with Gasteiger partial charge in [0, 0.05) is 17.4 Å². The van der Waals surface area contributed by atoms with Crippen LogP contribution in [0.25, 0.3) is 0 Å². The van der Waals surface area contributed by atoms with Crippen molar-refractivity contribution < 1.29 is 9.52 Å². The summed E-state index contributed by atoms with van der Waals surface area (Å²) in [5, 5.41) is 10.1. The van der Waals surface area contributed by atoms with Gasteiger partial charge in [-0.2, -0.15) is 0 Å². The molecule has 1 aromatic heterocycles. The molecule has 2 aliphatic rings. The molecule has 0 spiro atoms. The lowest BCUT2D eigenvalue weighted by atomic mass is 9.56. The molecule has 1 N–H and O–H groups in total. The van der Waals surface area contributed by atoms with Gasteiger partial charge < -0.3 is 9.52 Å². The fourth-order valence-electron chi connectivity index (χ4n) is 5.14. The van der Waals surface area contributed by atoms with E-state index in [-0.39, 0.29) is 5.41 Å². The van der Waals surface area contributed by atoms with Crippen molar-refractivity contribution in [3.8, 4) is 5.75 Å². The highest BCUT2D eigenvalue weighted by Gasteiger charge is 2.51. The van der Waals surface area contributed by atoms with E-state index in [1.54, 1.807) is 6.26 Å². The van der Waals surface area contributed by atoms with Gasteiger partial charge in [0.15, 0.2) is 0 Å². The Morgan fingerprint density at radius 2 is 2.27 bits per heavy atom. The summed E-state index contributed by atoms with van der Waals surface area (Å²) in [6.45, 7) is 6.21. The molecule has 2 aromatic rings. The van der Waals surface area contributed by atoms with Gasteiger partial charge in [0.25, 0.3) is 0 Å². The molecule has 3 atom stereocenters. The Kier molecular flexibility index (Phi) is 4.52. The minimum atomic E-state index is 0.0761. The zero-order valence-electron chi connectivity index (χ0n) is 15.6. The molecule has 3 heteroatoms. The number of likely N-dealkylation sites (tertiary alicyclic amines) is 1. The Morgan fingerprint density at radius 3 is 3.00 bits per heavy atom. The van der Waals surface area contributed by atoms with Gasteiger partial charge >= 0.3 is 0 Å². The van der Waals surface area contributed by atoms with E-state index in [2.05, 4.69) is 35.8 Å². The van der Waals surface area contributed by atoms with Gasteiger partial charge in [0.1, 0.15) is 11.5 Å². The van der Waals surface area contributed by atoms with E-state index in [9.17, 15) is 5.11 Å². The van der Waals surface area contributed by atoms with Crippen LogP contribution >= 0.6 is 0 Å². The molecule has 0 radical (unpaired) electrons. The van der Waals surface area contributed by atoms with Crippen LogP contribution in [0.4, 0.5) is 0 Å². The normalized spacial score (nSPS) is 27.5. The highest BCUT2D eigenvalue weighted by Crippen LogP contribution is 2.52. The maximum atomic E-state index is 10.1. The molecule has 2 bridgehead atoms. The molecule has 3 nitrogen and oxygen atoms in total. The second-order valence-electron chi connectivity index (χ2n) is 7.57. The fraction of sp³-hybridized carbons (Fsp3) is 0.435. The maximum absolute atomic E-state index is 10.1. The van der Waals surface area contributed by atoms with E-state index in [0.717, 1.165) is 38.1 Å². The standard InChI is InChI=1S/C23H27NO2/c1-3-5-8-20-22-14-17-9-10-18(25)15-21(17)23(20,4-2)11-12-24(22)16-19-7-6-13-26-19/h3,6-10,13,15,20,22,25H,4,11-12,14,16H2,1-2H3. The van der Waals surface area contributed by atoms with Gasteiger partial charge in [-0.1, -0.05) is 13.0 Å². The highest BCUT2D eigenvalue weighted by atomic mass is 16.3. The van der Waals surface area contributed by atoms with Crippen molar-refractivity contribution in [2.24, 2.45) is 5.92 Å². The minimum Gasteiger partial charge on any atom is -0.508 e. The van der Waals surface area contributed by atoms with Crippen LogP contribution < -0.4 is 0 Å². The summed E-state index contributed by atoms with van der Waals surface area (Å²) in [6, 6.07) is 10.4. The average molecular weight is 349 g/mol. The summed E-state index contributed by atoms with van der Waals surface area (Å²) in [5.41, 5.74) is 6.16. The number of nitrogens with zero attached hydrogens (tertiary/aromatic N) is 1. The molecule has 0 saturated carbocycles. The molecule has 1 aliphatic carbocycles. The van der Waals surface area contributed by atoms with Gasteiger partial charge in [-0.25, -0.2) is 0 Å². The summed E-state index contributed by atoms with van der Waals surface area (Å²) < 4.78 is 5.62. The molecular formula is C23H27NO2. The zero-order valence-corrected chi connectivity index (χ0v) is 15.6. The largest absolute Gasteiger partial charge is 0.508 e. The van der Waals surface area contributed by atoms with Crippen LogP contribution in [0.2, 0.25) is 0 Å². The van der Waals surface area contributed by atoms with Gasteiger partial charge in [-0.15, -0.1) is 5.73 Å². The van der Waals surface area contributed by atoms with Crippen LogP contribution in [-0.4, -0.2) is 22.6 Å². The summed E-state index contributed by atoms with van der Waals surface area (Å²) in [5.74, 6) is 1.79. The summed E-state index contributed by atoms with van der Waals surface area (Å²) in [4.78, 5) is 2.57. The number of fused-ring (bicyclic) bond motifs is 4. The van der Waals surface area contributed by atoms with Crippen LogP contribution in [0.5, 0.6) is 5.75 Å². The van der Waals surface area contributed by atoms with Crippen LogP contribution in [0, 0.1) is 5.92 Å². The lowest BCUT2D eigenvalue weighted by molar-refractivity contribution is 0.0255. The van der Waals surface area contributed by atoms with Gasteiger partial charge in [-0.05, 0) is 80.3 Å². The monoisotopic (exact) mass is 349 g/mol. The first-order valence-electron chi connectivity index (χ1n) is 9.64. The lowest BCUT2D eigenvalue weighted by Gasteiger charge is -2.55. The quantitative estimate of drug-likeness (QED) is 0.805. The number of furan rings is 1. The number of rotatable bonds is 4. The van der Waals surface area contributed by atoms with Crippen molar-refractivity contribution in [3.05, 3.63) is 71.4 Å². The van der Waals surface area contributed by atoms with Crippen molar-refractivity contribution in [2.75, 3.05) is 6.54 Å². The van der Waals surface area contributed by atoms with Gasteiger partial charge in [0.2, 0.25) is 0 Å². The average Bonchev–Trinajstić information content (AvgIpc) is 3.16. The number of phenolic OH excluding ortho intramolecular Hbond substituents is 1. The number of hydrogen-bond donors (Lipinski definition) is 1. The maximum Gasteiger partial charge on any atom is 0.117 e. The van der Waals surface area contributed by atoms with Gasteiger partial charge in [-0.3, -0.25) is 4.90 Å². The highest BCUT2D eigenvalue weighted by molar-refractivity contribution is 5.45. The predicted octanol–water partition coefficient (Wildman–Crippen LogP) is 4.81. The topological polar surface area (TPSA) is 36.6 Å². The summed E-state index contributed by atoms with van der Waals surface area (Å²) in [6.07, 6.45) is 9.19. The summed E-state index contributed by atoms with van der Waals surface area (Å²) >= 11 is 0. The number of hydrogen-bond acceptors (Lipinski definition) is 3. The van der Waals surface area contributed by atoms with Crippen molar-refractivity contribution >= 4 is 0 Å². The smallest absolute Gasteiger partial charge is 0.117 e. The van der Waals surface area contributed by atoms with Crippen LogP contribution in [-0.2, 0) is 18.4 Å². The second-order valence-corrected chi connectivity index (χ2v) is 7.57. The number of phenols is 1. The predicted molar refractivity (Wildman–Crippen MR) is 103 cm³/mol. The first-order valence-corrected chi connectivity index (χ1v) is 9.64. The molecule has 136 valence electrons. The lowest BCUT2D eigenvalue weighted by Crippen LogP contribution is -2.58. The summed E-state index contributed by atoms with van der Waals surface area (Å²) in [7, 11) is 0. The van der Waals surface area contributed by atoms with E-state index in [1.807, 2.05) is 31.2 Å². The van der Waals surface area contributed by atoms with Crippen LogP contribution in [0.3, 0.4) is 0 Å². The molecule has 0 amide bonds. The van der Waals surface area contributed by atoms with Crippen LogP contribution in [0.15, 0.2) is 58.9 Å². The Hall–Kier alpha value is -2.22. The van der Waals surface area contributed by atoms with Crippen molar-refractivity contribution in [2.45, 2.75) is 51.1 Å². The van der Waals surface area contributed by atoms with Crippen LogP contribution in [0.1, 0.15) is 43.6 Å². The third-order valence-corrected chi connectivity index (χ3v) is 6.44. The van der Waals surface area contributed by atoms with Crippen molar-refractivity contribution in [1.82, 2.24) is 4.90 Å². The molecule has 3 unspecified atom stereocenters. The van der Waals surface area contributed by atoms with Gasteiger partial charge in [0.05, 0.1) is 12.8 Å². The van der Waals surface area contributed by atoms with E-state index in [0.29, 0.717) is 17.7 Å². The van der Waals surface area contributed by atoms with E-state index < -0.39 is 0 Å². The molecule has 4 rings (SSSR count). The second kappa shape index (κ2) is 6.83. The first kappa shape index (κ1) is 17.2. The minimum absolute atomic E-state index is 0.0761. The number of piperidine rings is 1. The van der Waals surface area contributed by atoms with E-state index in [4.69, 9.17) is 4.42 Å². The van der Waals surface area contributed by atoms with E-state index in [1.165, 1.54) is 11.1 Å². The number of benzene rings is 1. The Bertz CT molecular complexity index is 832.